The fourth-order valence-corrected chi connectivity index (χ4v) is 2.22. The van der Waals surface area contributed by atoms with Crippen LogP contribution in [0.3, 0.4) is 0 Å². The zero-order chi connectivity index (χ0) is 12.8. The summed E-state index contributed by atoms with van der Waals surface area (Å²) in [7, 11) is 0. The lowest BCUT2D eigenvalue weighted by Crippen LogP contribution is -2.36. The van der Waals surface area contributed by atoms with E-state index in [1.807, 2.05) is 0 Å². The topological polar surface area (TPSA) is 12.0 Å². The van der Waals surface area contributed by atoms with Gasteiger partial charge in [0, 0.05) is 10.5 Å². The summed E-state index contributed by atoms with van der Waals surface area (Å²) in [4.78, 5) is 0. The Morgan fingerprint density at radius 1 is 1.35 bits per heavy atom. The van der Waals surface area contributed by atoms with Crippen molar-refractivity contribution in [3.63, 3.8) is 0 Å². The summed E-state index contributed by atoms with van der Waals surface area (Å²) in [6, 6.07) is 5.28. The summed E-state index contributed by atoms with van der Waals surface area (Å²) in [5.74, 6) is 0.373. The lowest BCUT2D eigenvalue weighted by molar-refractivity contribution is 0.396. The molecule has 1 unspecified atom stereocenters. The van der Waals surface area contributed by atoms with Gasteiger partial charge in [0.15, 0.2) is 0 Å². The van der Waals surface area contributed by atoms with Crippen LogP contribution in [-0.2, 0) is 6.42 Å². The Morgan fingerprint density at radius 2 is 2.06 bits per heavy atom. The summed E-state index contributed by atoms with van der Waals surface area (Å²) < 4.78 is 14.2. The molecule has 1 rings (SSSR count). The SMILES string of the molecule is CCCNC(Cc1cc(F)ccc1Br)C(C)C. The van der Waals surface area contributed by atoms with Crippen LogP contribution in [-0.4, -0.2) is 12.6 Å². The highest BCUT2D eigenvalue weighted by molar-refractivity contribution is 9.10. The van der Waals surface area contributed by atoms with Crippen LogP contribution in [0.15, 0.2) is 22.7 Å². The van der Waals surface area contributed by atoms with Gasteiger partial charge in [-0.05, 0) is 49.1 Å². The van der Waals surface area contributed by atoms with Gasteiger partial charge in [0.05, 0.1) is 0 Å². The molecule has 0 bridgehead atoms. The predicted octanol–water partition coefficient (Wildman–Crippen LogP) is 4.15. The van der Waals surface area contributed by atoms with E-state index in [-0.39, 0.29) is 5.82 Å². The van der Waals surface area contributed by atoms with Crippen molar-refractivity contribution < 1.29 is 4.39 Å². The van der Waals surface area contributed by atoms with Crippen molar-refractivity contribution in [2.75, 3.05) is 6.54 Å². The Hall–Kier alpha value is -0.410. The second-order valence-electron chi connectivity index (χ2n) is 4.74. The third-order valence-corrected chi connectivity index (χ3v) is 3.68. The van der Waals surface area contributed by atoms with Crippen molar-refractivity contribution in [1.29, 1.82) is 0 Å². The first-order valence-electron chi connectivity index (χ1n) is 6.22. The molecular weight excluding hydrogens is 281 g/mol. The summed E-state index contributed by atoms with van der Waals surface area (Å²) in [5.41, 5.74) is 1.03. The molecule has 1 N–H and O–H groups in total. The van der Waals surface area contributed by atoms with Crippen LogP contribution in [0.1, 0.15) is 32.8 Å². The number of benzene rings is 1. The number of halogens is 2. The largest absolute Gasteiger partial charge is 0.313 e. The highest BCUT2D eigenvalue weighted by atomic mass is 79.9. The Balaban J connectivity index is 2.74. The molecular formula is C14H21BrFN. The number of rotatable bonds is 6. The highest BCUT2D eigenvalue weighted by Gasteiger charge is 2.14. The van der Waals surface area contributed by atoms with Gasteiger partial charge >= 0.3 is 0 Å². The molecule has 1 aromatic rings. The van der Waals surface area contributed by atoms with Gasteiger partial charge in [-0.2, -0.15) is 0 Å². The van der Waals surface area contributed by atoms with Gasteiger partial charge in [0.2, 0.25) is 0 Å². The first-order valence-corrected chi connectivity index (χ1v) is 7.01. The van der Waals surface area contributed by atoms with Crippen molar-refractivity contribution in [3.05, 3.63) is 34.1 Å². The van der Waals surface area contributed by atoms with E-state index in [1.54, 1.807) is 12.1 Å². The quantitative estimate of drug-likeness (QED) is 0.832. The predicted molar refractivity (Wildman–Crippen MR) is 74.7 cm³/mol. The molecule has 96 valence electrons. The molecule has 0 spiro atoms. The third kappa shape index (κ3) is 4.76. The average molecular weight is 302 g/mol. The van der Waals surface area contributed by atoms with Gasteiger partial charge in [-0.1, -0.05) is 36.7 Å². The molecule has 3 heteroatoms. The zero-order valence-electron chi connectivity index (χ0n) is 10.8. The Labute approximate surface area is 112 Å². The van der Waals surface area contributed by atoms with E-state index >= 15 is 0 Å². The molecule has 0 aliphatic heterocycles. The Bertz CT molecular complexity index is 352. The monoisotopic (exact) mass is 301 g/mol. The molecule has 0 fully saturated rings. The van der Waals surface area contributed by atoms with Gasteiger partial charge in [-0.25, -0.2) is 4.39 Å². The first kappa shape index (κ1) is 14.7. The molecule has 0 heterocycles. The Morgan fingerprint density at radius 3 is 2.65 bits per heavy atom. The standard InChI is InChI=1S/C14H21BrFN/c1-4-7-17-14(10(2)3)9-11-8-12(16)5-6-13(11)15/h5-6,8,10,14,17H,4,7,9H2,1-3H3. The van der Waals surface area contributed by atoms with Crippen molar-refractivity contribution in [2.45, 2.75) is 39.7 Å². The molecule has 1 atom stereocenters. The molecule has 1 aromatic carbocycles. The van der Waals surface area contributed by atoms with Crippen LogP contribution in [0.4, 0.5) is 4.39 Å². The summed E-state index contributed by atoms with van der Waals surface area (Å²) in [6.07, 6.45) is 1.98. The minimum Gasteiger partial charge on any atom is -0.313 e. The van der Waals surface area contributed by atoms with Crippen molar-refractivity contribution in [2.24, 2.45) is 5.92 Å². The normalized spacial score (nSPS) is 13.1. The van der Waals surface area contributed by atoms with Crippen LogP contribution in [0.2, 0.25) is 0 Å². The third-order valence-electron chi connectivity index (χ3n) is 2.91. The van der Waals surface area contributed by atoms with Crippen molar-refractivity contribution >= 4 is 15.9 Å². The van der Waals surface area contributed by atoms with Crippen molar-refractivity contribution in [3.8, 4) is 0 Å². The fourth-order valence-electron chi connectivity index (χ4n) is 1.81. The lowest BCUT2D eigenvalue weighted by atomic mass is 9.96. The minimum absolute atomic E-state index is 0.166. The Kier molecular flexibility index (Phi) is 6.14. The summed E-state index contributed by atoms with van der Waals surface area (Å²) in [6.45, 7) is 7.55. The number of nitrogens with one attached hydrogen (secondary N) is 1. The molecule has 0 amide bonds. The lowest BCUT2D eigenvalue weighted by Gasteiger charge is -2.23. The molecule has 0 saturated heterocycles. The minimum atomic E-state index is -0.166. The van der Waals surface area contributed by atoms with Crippen LogP contribution < -0.4 is 5.32 Å². The zero-order valence-corrected chi connectivity index (χ0v) is 12.3. The maximum absolute atomic E-state index is 13.2. The van der Waals surface area contributed by atoms with Crippen LogP contribution in [0, 0.1) is 11.7 Å². The average Bonchev–Trinajstić information content (AvgIpc) is 2.28. The smallest absolute Gasteiger partial charge is 0.123 e. The molecule has 17 heavy (non-hydrogen) atoms. The number of hydrogen-bond donors (Lipinski definition) is 1. The highest BCUT2D eigenvalue weighted by Crippen LogP contribution is 2.21. The van der Waals surface area contributed by atoms with Gasteiger partial charge < -0.3 is 5.32 Å². The molecule has 0 aromatic heterocycles. The molecule has 0 saturated carbocycles. The second kappa shape index (κ2) is 7.12. The first-order chi connectivity index (χ1) is 8.04. The number of hydrogen-bond acceptors (Lipinski definition) is 1. The molecule has 1 nitrogen and oxygen atoms in total. The molecule has 0 radical (unpaired) electrons. The van der Waals surface area contributed by atoms with Gasteiger partial charge in [-0.3, -0.25) is 0 Å². The van der Waals surface area contributed by atoms with Crippen LogP contribution in [0.5, 0.6) is 0 Å². The van der Waals surface area contributed by atoms with Crippen LogP contribution >= 0.6 is 15.9 Å². The maximum atomic E-state index is 13.2. The van der Waals surface area contributed by atoms with E-state index in [4.69, 9.17) is 0 Å². The molecule has 0 aliphatic carbocycles. The van der Waals surface area contributed by atoms with E-state index in [0.29, 0.717) is 12.0 Å². The van der Waals surface area contributed by atoms with Gasteiger partial charge in [-0.15, -0.1) is 0 Å². The van der Waals surface area contributed by atoms with Crippen LogP contribution in [0.25, 0.3) is 0 Å². The molecule has 0 aliphatic rings. The summed E-state index contributed by atoms with van der Waals surface area (Å²) in [5, 5.41) is 3.52. The van der Waals surface area contributed by atoms with E-state index in [0.717, 1.165) is 29.4 Å². The van der Waals surface area contributed by atoms with E-state index in [2.05, 4.69) is 42.0 Å². The van der Waals surface area contributed by atoms with Crippen molar-refractivity contribution in [1.82, 2.24) is 5.32 Å². The fraction of sp³-hybridized carbons (Fsp3) is 0.571. The summed E-state index contributed by atoms with van der Waals surface area (Å²) >= 11 is 3.48. The second-order valence-corrected chi connectivity index (χ2v) is 5.60. The van der Waals surface area contributed by atoms with E-state index in [1.165, 1.54) is 6.07 Å². The van der Waals surface area contributed by atoms with E-state index in [9.17, 15) is 4.39 Å². The maximum Gasteiger partial charge on any atom is 0.123 e. The van der Waals surface area contributed by atoms with E-state index < -0.39 is 0 Å². The van der Waals surface area contributed by atoms with Gasteiger partial charge in [0.1, 0.15) is 5.82 Å². The van der Waals surface area contributed by atoms with Gasteiger partial charge in [0.25, 0.3) is 0 Å².